The average Bonchev–Trinajstić information content (AvgIpc) is 3.05. The molecule has 0 atom stereocenters. The Kier molecular flexibility index (Phi) is 4.13. The zero-order valence-electron chi connectivity index (χ0n) is 12.7. The topological polar surface area (TPSA) is 94.0 Å². The molecule has 0 saturated carbocycles. The molecule has 0 spiro atoms. The second kappa shape index (κ2) is 6.25. The summed E-state index contributed by atoms with van der Waals surface area (Å²) in [6.45, 7) is 0. The molecule has 0 aliphatic rings. The Morgan fingerprint density at radius 3 is 2.54 bits per heavy atom. The highest BCUT2D eigenvalue weighted by Gasteiger charge is 2.13. The summed E-state index contributed by atoms with van der Waals surface area (Å²) in [4.78, 5) is 13.7. The van der Waals surface area contributed by atoms with Gasteiger partial charge in [0.1, 0.15) is 0 Å². The van der Waals surface area contributed by atoms with Crippen molar-refractivity contribution in [3.05, 3.63) is 66.5 Å². The Morgan fingerprint density at radius 2 is 1.83 bits per heavy atom. The summed E-state index contributed by atoms with van der Waals surface area (Å²) in [5, 5.41) is 10.8. The van der Waals surface area contributed by atoms with Crippen molar-refractivity contribution < 1.29 is 13.2 Å². The molecule has 122 valence electrons. The molecule has 0 fully saturated rings. The fraction of sp³-hybridized carbons (Fsp3) is 0.0625. The summed E-state index contributed by atoms with van der Waals surface area (Å²) in [7, 11) is -3.34. The molecule has 1 amide bonds. The number of anilines is 1. The van der Waals surface area contributed by atoms with Crippen LogP contribution in [0, 0.1) is 0 Å². The number of hydrogen-bond acceptors (Lipinski definition) is 5. The number of amides is 1. The third kappa shape index (κ3) is 3.49. The number of carbonyl (C=O) groups is 1. The first-order valence-electron chi connectivity index (χ1n) is 7.03. The summed E-state index contributed by atoms with van der Waals surface area (Å²) in [6, 6.07) is 15.2. The highest BCUT2D eigenvalue weighted by molar-refractivity contribution is 7.90. The highest BCUT2D eigenvalue weighted by atomic mass is 32.2. The van der Waals surface area contributed by atoms with E-state index in [0.29, 0.717) is 5.69 Å². The van der Waals surface area contributed by atoms with Gasteiger partial charge in [0.2, 0.25) is 0 Å². The van der Waals surface area contributed by atoms with E-state index in [1.54, 1.807) is 12.1 Å². The van der Waals surface area contributed by atoms with Crippen molar-refractivity contribution in [3.8, 4) is 5.69 Å². The first-order valence-corrected chi connectivity index (χ1v) is 8.92. The van der Waals surface area contributed by atoms with E-state index in [-0.39, 0.29) is 10.6 Å². The van der Waals surface area contributed by atoms with Gasteiger partial charge in [-0.05, 0) is 30.3 Å². The Labute approximate surface area is 138 Å². The molecule has 0 saturated heterocycles. The molecule has 2 aromatic carbocycles. The molecule has 1 N–H and O–H groups in total. The van der Waals surface area contributed by atoms with Crippen molar-refractivity contribution in [3.63, 3.8) is 0 Å². The van der Waals surface area contributed by atoms with Gasteiger partial charge in [-0.15, -0.1) is 5.10 Å². The molecule has 7 nitrogen and oxygen atoms in total. The van der Waals surface area contributed by atoms with Crippen LogP contribution >= 0.6 is 0 Å². The summed E-state index contributed by atoms with van der Waals surface area (Å²) >= 11 is 0. The fourth-order valence-corrected chi connectivity index (χ4v) is 2.72. The maximum atomic E-state index is 12.2. The predicted octanol–water partition coefficient (Wildman–Crippen LogP) is 1.92. The summed E-state index contributed by atoms with van der Waals surface area (Å²) in [6.07, 6.45) is 2.46. The zero-order valence-corrected chi connectivity index (χ0v) is 13.6. The van der Waals surface area contributed by atoms with Crippen molar-refractivity contribution >= 4 is 21.4 Å². The van der Waals surface area contributed by atoms with E-state index in [1.807, 2.05) is 30.3 Å². The largest absolute Gasteiger partial charge is 0.321 e. The molecular formula is C16H14N4O3S. The van der Waals surface area contributed by atoms with Crippen LogP contribution in [-0.4, -0.2) is 35.6 Å². The minimum atomic E-state index is -3.34. The van der Waals surface area contributed by atoms with Gasteiger partial charge in [-0.1, -0.05) is 24.3 Å². The van der Waals surface area contributed by atoms with Crippen molar-refractivity contribution in [2.75, 3.05) is 11.6 Å². The van der Waals surface area contributed by atoms with Gasteiger partial charge in [0, 0.05) is 11.9 Å². The summed E-state index contributed by atoms with van der Waals surface area (Å²) < 4.78 is 23.1. The quantitative estimate of drug-likeness (QED) is 0.782. The summed E-state index contributed by atoms with van der Waals surface area (Å²) in [5.41, 5.74) is 1.23. The molecule has 0 unspecified atom stereocenters. The molecule has 3 aromatic rings. The number of nitrogens with one attached hydrogen (secondary N) is 1. The third-order valence-electron chi connectivity index (χ3n) is 3.23. The fourth-order valence-electron chi connectivity index (χ4n) is 2.05. The Morgan fingerprint density at radius 1 is 1.08 bits per heavy atom. The molecule has 3 rings (SSSR count). The van der Waals surface area contributed by atoms with Gasteiger partial charge in [-0.2, -0.15) is 9.90 Å². The zero-order chi connectivity index (χ0) is 17.2. The average molecular weight is 342 g/mol. The molecule has 0 aliphatic carbocycles. The molecule has 0 radical (unpaired) electrons. The SMILES string of the molecule is CS(=O)(=O)c1cccc(NC(=O)c2cnn(-c3ccccc3)n2)c1. The number of benzene rings is 2. The van der Waals surface area contributed by atoms with Crippen LogP contribution in [0.25, 0.3) is 5.69 Å². The second-order valence-corrected chi connectivity index (χ2v) is 7.12. The smallest absolute Gasteiger partial charge is 0.277 e. The van der Waals surface area contributed by atoms with E-state index in [2.05, 4.69) is 15.5 Å². The Balaban J connectivity index is 1.80. The molecular weight excluding hydrogens is 328 g/mol. The lowest BCUT2D eigenvalue weighted by atomic mass is 10.3. The number of nitrogens with zero attached hydrogens (tertiary/aromatic N) is 3. The number of rotatable bonds is 4. The van der Waals surface area contributed by atoms with Crippen LogP contribution in [0.2, 0.25) is 0 Å². The van der Waals surface area contributed by atoms with E-state index in [1.165, 1.54) is 23.1 Å². The molecule has 0 aliphatic heterocycles. The maximum absolute atomic E-state index is 12.2. The number of carbonyl (C=O) groups excluding carboxylic acids is 1. The molecule has 8 heteroatoms. The van der Waals surface area contributed by atoms with Crippen molar-refractivity contribution in [2.24, 2.45) is 0 Å². The number of aromatic nitrogens is 3. The van der Waals surface area contributed by atoms with Crippen LogP contribution in [-0.2, 0) is 9.84 Å². The van der Waals surface area contributed by atoms with Crippen LogP contribution in [0.3, 0.4) is 0 Å². The predicted molar refractivity (Wildman–Crippen MR) is 88.9 cm³/mol. The monoisotopic (exact) mass is 342 g/mol. The first kappa shape index (κ1) is 15.9. The van der Waals surface area contributed by atoms with Crippen LogP contribution < -0.4 is 5.32 Å². The van der Waals surface area contributed by atoms with Crippen LogP contribution in [0.15, 0.2) is 65.7 Å². The lowest BCUT2D eigenvalue weighted by molar-refractivity contribution is 0.102. The first-order chi connectivity index (χ1) is 11.4. The minimum absolute atomic E-state index is 0.128. The van der Waals surface area contributed by atoms with Gasteiger partial charge in [-0.25, -0.2) is 8.42 Å². The van der Waals surface area contributed by atoms with Gasteiger partial charge in [0.05, 0.1) is 16.8 Å². The Bertz CT molecular complexity index is 981. The van der Waals surface area contributed by atoms with Gasteiger partial charge in [-0.3, -0.25) is 4.79 Å². The van der Waals surface area contributed by atoms with Crippen LogP contribution in [0.4, 0.5) is 5.69 Å². The molecule has 24 heavy (non-hydrogen) atoms. The molecule has 1 aromatic heterocycles. The van der Waals surface area contributed by atoms with Crippen molar-refractivity contribution in [1.82, 2.24) is 15.0 Å². The lowest BCUT2D eigenvalue weighted by Crippen LogP contribution is -2.13. The van der Waals surface area contributed by atoms with E-state index in [9.17, 15) is 13.2 Å². The Hall–Kier alpha value is -3.00. The number of sulfone groups is 1. The van der Waals surface area contributed by atoms with Crippen molar-refractivity contribution in [1.29, 1.82) is 0 Å². The van der Waals surface area contributed by atoms with Gasteiger partial charge in [0.15, 0.2) is 15.5 Å². The molecule has 0 bridgehead atoms. The lowest BCUT2D eigenvalue weighted by Gasteiger charge is -2.05. The van der Waals surface area contributed by atoms with Gasteiger partial charge >= 0.3 is 0 Å². The van der Waals surface area contributed by atoms with Gasteiger partial charge < -0.3 is 5.32 Å². The standard InChI is InChI=1S/C16H14N4O3S/c1-24(22,23)14-9-5-6-12(10-14)18-16(21)15-11-17-20(19-15)13-7-3-2-4-8-13/h2-11H,1H3,(H,18,21). The second-order valence-electron chi connectivity index (χ2n) is 5.11. The normalized spacial score (nSPS) is 11.2. The minimum Gasteiger partial charge on any atom is -0.321 e. The number of hydrogen-bond donors (Lipinski definition) is 1. The van der Waals surface area contributed by atoms with Gasteiger partial charge in [0.25, 0.3) is 5.91 Å². The van der Waals surface area contributed by atoms with E-state index in [0.717, 1.165) is 11.9 Å². The van der Waals surface area contributed by atoms with E-state index in [4.69, 9.17) is 0 Å². The highest BCUT2D eigenvalue weighted by Crippen LogP contribution is 2.16. The van der Waals surface area contributed by atoms with E-state index < -0.39 is 15.7 Å². The molecule has 1 heterocycles. The summed E-state index contributed by atoms with van der Waals surface area (Å²) in [5.74, 6) is -0.470. The third-order valence-corrected chi connectivity index (χ3v) is 4.34. The number of para-hydroxylation sites is 1. The van der Waals surface area contributed by atoms with E-state index >= 15 is 0 Å². The maximum Gasteiger partial charge on any atom is 0.277 e. The van der Waals surface area contributed by atoms with Crippen LogP contribution in [0.1, 0.15) is 10.5 Å². The van der Waals surface area contributed by atoms with Crippen LogP contribution in [0.5, 0.6) is 0 Å². The van der Waals surface area contributed by atoms with Crippen molar-refractivity contribution in [2.45, 2.75) is 4.90 Å².